The summed E-state index contributed by atoms with van der Waals surface area (Å²) >= 11 is 7.94. The van der Waals surface area contributed by atoms with Crippen molar-refractivity contribution in [3.8, 4) is 0 Å². The molecule has 0 saturated carbocycles. The third kappa shape index (κ3) is 3.15. The van der Waals surface area contributed by atoms with Gasteiger partial charge in [0.1, 0.15) is 23.3 Å². The summed E-state index contributed by atoms with van der Waals surface area (Å²) in [5.41, 5.74) is 12.8. The van der Waals surface area contributed by atoms with E-state index in [9.17, 15) is 0 Å². The Kier molecular flexibility index (Phi) is 4.46. The standard InChI is InChI=1S/C26H22ClN9S/c27-22-18(5-8-29-23(22)28)37-19-2-4-20-32-24(17-13-30-25(19)36(17)20)34-9-6-26(7-10-34)11-15-1-3-21-33-31-14-35(21)16(15)12-26/h1-5,8,13-14H,6-7,9-12H2,(H2,28,29). The normalized spacial score (nSPS) is 17.1. The molecule has 7 heterocycles. The lowest BCUT2D eigenvalue weighted by molar-refractivity contribution is 0.231. The van der Waals surface area contributed by atoms with Gasteiger partial charge in [-0.1, -0.05) is 29.4 Å². The van der Waals surface area contributed by atoms with E-state index in [1.807, 2.05) is 18.6 Å². The zero-order valence-corrected chi connectivity index (χ0v) is 21.4. The molecule has 37 heavy (non-hydrogen) atoms. The smallest absolute Gasteiger partial charge is 0.160 e. The van der Waals surface area contributed by atoms with Crippen LogP contribution in [0.5, 0.6) is 0 Å². The Balaban J connectivity index is 1.08. The molecule has 9 nitrogen and oxygen atoms in total. The maximum atomic E-state index is 6.40. The van der Waals surface area contributed by atoms with E-state index in [0.717, 1.165) is 76.8 Å². The van der Waals surface area contributed by atoms with Gasteiger partial charge in [-0.3, -0.25) is 8.80 Å². The topological polar surface area (TPSA) is 103 Å². The Bertz CT molecular complexity index is 1820. The highest BCUT2D eigenvalue weighted by atomic mass is 35.5. The van der Waals surface area contributed by atoms with Crippen LogP contribution in [-0.2, 0) is 12.8 Å². The van der Waals surface area contributed by atoms with Crippen LogP contribution in [0.25, 0.3) is 22.5 Å². The highest BCUT2D eigenvalue weighted by Gasteiger charge is 2.41. The molecule has 184 valence electrons. The van der Waals surface area contributed by atoms with Crippen molar-refractivity contribution in [3.63, 3.8) is 0 Å². The average molecular weight is 528 g/mol. The second-order valence-electron chi connectivity index (χ2n) is 10.1. The van der Waals surface area contributed by atoms with Crippen LogP contribution in [-0.4, -0.2) is 47.0 Å². The van der Waals surface area contributed by atoms with Gasteiger partial charge in [-0.05, 0) is 60.9 Å². The first-order chi connectivity index (χ1) is 18.1. The molecule has 0 radical (unpaired) electrons. The molecule has 1 saturated heterocycles. The number of halogens is 1. The van der Waals surface area contributed by atoms with Gasteiger partial charge in [-0.25, -0.2) is 15.0 Å². The summed E-state index contributed by atoms with van der Waals surface area (Å²) in [6, 6.07) is 10.3. The molecule has 11 heteroatoms. The second kappa shape index (κ2) is 7.69. The maximum absolute atomic E-state index is 6.40. The number of hydrogen-bond donors (Lipinski definition) is 1. The molecule has 6 aromatic heterocycles. The molecule has 1 fully saturated rings. The van der Waals surface area contributed by atoms with Gasteiger partial charge >= 0.3 is 0 Å². The minimum absolute atomic E-state index is 0.297. The molecule has 2 N–H and O–H groups in total. The Hall–Kier alpha value is -3.63. The second-order valence-corrected chi connectivity index (χ2v) is 11.6. The van der Waals surface area contributed by atoms with Crippen molar-refractivity contribution in [3.05, 3.63) is 65.3 Å². The Morgan fingerprint density at radius 2 is 1.84 bits per heavy atom. The highest BCUT2D eigenvalue weighted by molar-refractivity contribution is 7.99. The molecule has 1 spiro atoms. The summed E-state index contributed by atoms with van der Waals surface area (Å²) in [6.07, 6.45) is 9.93. The summed E-state index contributed by atoms with van der Waals surface area (Å²) in [4.78, 5) is 18.2. The molecule has 1 aliphatic heterocycles. The highest BCUT2D eigenvalue weighted by Crippen LogP contribution is 2.46. The van der Waals surface area contributed by atoms with Crippen LogP contribution < -0.4 is 10.6 Å². The number of rotatable bonds is 3. The van der Waals surface area contributed by atoms with E-state index in [1.165, 1.54) is 11.3 Å². The molecule has 0 unspecified atom stereocenters. The molecular formula is C26H22ClN9S. The van der Waals surface area contributed by atoms with Crippen molar-refractivity contribution in [1.82, 2.24) is 34.0 Å². The number of pyridine rings is 3. The Morgan fingerprint density at radius 3 is 2.73 bits per heavy atom. The van der Waals surface area contributed by atoms with E-state index in [4.69, 9.17) is 27.3 Å². The van der Waals surface area contributed by atoms with Gasteiger partial charge in [0.15, 0.2) is 17.1 Å². The predicted octanol–water partition coefficient (Wildman–Crippen LogP) is 4.53. The fourth-order valence-corrected chi connectivity index (χ4v) is 7.30. The van der Waals surface area contributed by atoms with Crippen molar-refractivity contribution in [2.75, 3.05) is 23.7 Å². The van der Waals surface area contributed by atoms with Crippen molar-refractivity contribution in [2.24, 2.45) is 5.41 Å². The van der Waals surface area contributed by atoms with Gasteiger partial charge in [0.05, 0.1) is 16.1 Å². The van der Waals surface area contributed by atoms with Crippen LogP contribution in [0.2, 0.25) is 5.02 Å². The summed E-state index contributed by atoms with van der Waals surface area (Å²) in [5, 5.41) is 8.81. The van der Waals surface area contributed by atoms with Crippen LogP contribution in [0, 0.1) is 5.41 Å². The zero-order valence-electron chi connectivity index (χ0n) is 19.8. The molecule has 0 aromatic carbocycles. The van der Waals surface area contributed by atoms with Crippen LogP contribution in [0.1, 0.15) is 24.1 Å². The number of nitrogen functional groups attached to an aromatic ring is 1. The third-order valence-corrected chi connectivity index (χ3v) is 9.65. The largest absolute Gasteiger partial charge is 0.382 e. The predicted molar refractivity (Wildman–Crippen MR) is 144 cm³/mol. The lowest BCUT2D eigenvalue weighted by Crippen LogP contribution is -2.41. The molecular weight excluding hydrogens is 506 g/mol. The molecule has 1 aliphatic carbocycles. The van der Waals surface area contributed by atoms with Crippen molar-refractivity contribution in [1.29, 1.82) is 0 Å². The SMILES string of the molecule is Nc1nccc(Sc2ccc3nc(N4CCC5(CC4)Cc4ccc6nncn6c4C5)c4cnc2n34)c1Cl. The van der Waals surface area contributed by atoms with E-state index in [-0.39, 0.29) is 0 Å². The summed E-state index contributed by atoms with van der Waals surface area (Å²) in [6.45, 7) is 1.96. The van der Waals surface area contributed by atoms with Gasteiger partial charge in [-0.15, -0.1) is 10.2 Å². The molecule has 0 atom stereocenters. The monoisotopic (exact) mass is 527 g/mol. The molecule has 8 rings (SSSR count). The van der Waals surface area contributed by atoms with Crippen molar-refractivity contribution in [2.45, 2.75) is 35.5 Å². The lowest BCUT2D eigenvalue weighted by atomic mass is 9.76. The van der Waals surface area contributed by atoms with E-state index >= 15 is 0 Å². The molecule has 0 amide bonds. The molecule has 2 aliphatic rings. The van der Waals surface area contributed by atoms with Crippen LogP contribution in [0.4, 0.5) is 11.6 Å². The Labute approximate surface area is 221 Å². The number of fused-ring (bicyclic) bond motifs is 3. The fourth-order valence-electron chi connectivity index (χ4n) is 6.14. The zero-order chi connectivity index (χ0) is 24.7. The first-order valence-electron chi connectivity index (χ1n) is 12.3. The number of nitrogens with zero attached hydrogens (tertiary/aromatic N) is 8. The summed E-state index contributed by atoms with van der Waals surface area (Å²) in [5.74, 6) is 1.35. The minimum atomic E-state index is 0.297. The number of imidazole rings is 2. The lowest BCUT2D eigenvalue weighted by Gasteiger charge is -2.39. The fraction of sp³-hybridized carbons (Fsp3) is 0.269. The van der Waals surface area contributed by atoms with Crippen LogP contribution >= 0.6 is 23.4 Å². The van der Waals surface area contributed by atoms with Crippen LogP contribution in [0.15, 0.2) is 58.8 Å². The van der Waals surface area contributed by atoms with Crippen LogP contribution in [0.3, 0.4) is 0 Å². The first-order valence-corrected chi connectivity index (χ1v) is 13.5. The minimum Gasteiger partial charge on any atom is -0.382 e. The summed E-state index contributed by atoms with van der Waals surface area (Å²) < 4.78 is 4.31. The van der Waals surface area contributed by atoms with Gasteiger partial charge in [0.2, 0.25) is 0 Å². The molecule has 6 aromatic rings. The first kappa shape index (κ1) is 21.5. The number of hydrogen-bond acceptors (Lipinski definition) is 8. The van der Waals surface area contributed by atoms with E-state index in [1.54, 1.807) is 18.0 Å². The number of piperidine rings is 1. The number of nitrogens with two attached hydrogens (primary N) is 1. The van der Waals surface area contributed by atoms with Crippen molar-refractivity contribution >= 4 is 57.5 Å². The van der Waals surface area contributed by atoms with Gasteiger partial charge in [0, 0.05) is 29.9 Å². The average Bonchev–Trinajstić information content (AvgIpc) is 3.69. The van der Waals surface area contributed by atoms with E-state index < -0.39 is 0 Å². The number of anilines is 2. The Morgan fingerprint density at radius 1 is 0.973 bits per heavy atom. The van der Waals surface area contributed by atoms with Gasteiger partial charge < -0.3 is 10.6 Å². The van der Waals surface area contributed by atoms with E-state index in [2.05, 4.69) is 53.1 Å². The quantitative estimate of drug-likeness (QED) is 0.358. The molecule has 0 bridgehead atoms. The number of aromatic nitrogens is 7. The van der Waals surface area contributed by atoms with Gasteiger partial charge in [-0.2, -0.15) is 0 Å². The van der Waals surface area contributed by atoms with Crippen molar-refractivity contribution < 1.29 is 0 Å². The van der Waals surface area contributed by atoms with Gasteiger partial charge in [0.25, 0.3) is 0 Å². The maximum Gasteiger partial charge on any atom is 0.160 e. The third-order valence-electron chi connectivity index (χ3n) is 8.05. The summed E-state index contributed by atoms with van der Waals surface area (Å²) in [7, 11) is 0. The van der Waals surface area contributed by atoms with E-state index in [0.29, 0.717) is 16.3 Å².